The molecule has 0 amide bonds. The fraction of sp³-hybridized carbons (Fsp3) is 0.167. The van der Waals surface area contributed by atoms with Crippen molar-refractivity contribution in [3.05, 3.63) is 27.5 Å². The molecule has 1 aromatic rings. The summed E-state index contributed by atoms with van der Waals surface area (Å²) in [5.41, 5.74) is -0.932. The highest BCUT2D eigenvalue weighted by Crippen LogP contribution is 2.36. The van der Waals surface area contributed by atoms with E-state index in [4.69, 9.17) is 11.6 Å². The lowest BCUT2D eigenvalue weighted by Gasteiger charge is -2.08. The Morgan fingerprint density at radius 1 is 1.33 bits per heavy atom. The summed E-state index contributed by atoms with van der Waals surface area (Å²) in [5, 5.41) is -0.363. The molecule has 0 bridgehead atoms. The molecule has 0 radical (unpaired) electrons. The van der Waals surface area contributed by atoms with Crippen LogP contribution in [0.2, 0.25) is 5.02 Å². The van der Waals surface area contributed by atoms with Crippen molar-refractivity contribution in [2.24, 2.45) is 0 Å². The molecule has 0 spiro atoms. The van der Waals surface area contributed by atoms with Gasteiger partial charge in [0.25, 0.3) is 0 Å². The van der Waals surface area contributed by atoms with Crippen LogP contribution in [0.5, 0.6) is 0 Å². The van der Waals surface area contributed by atoms with Gasteiger partial charge >= 0.3 is 6.18 Å². The van der Waals surface area contributed by atoms with Gasteiger partial charge in [0.2, 0.25) is 0 Å². The van der Waals surface area contributed by atoms with Crippen LogP contribution in [-0.4, -0.2) is 4.98 Å². The second-order valence-electron chi connectivity index (χ2n) is 1.98. The van der Waals surface area contributed by atoms with Gasteiger partial charge in [-0.05, 0) is 15.9 Å². The molecule has 12 heavy (non-hydrogen) atoms. The zero-order valence-electron chi connectivity index (χ0n) is 5.49. The predicted molar refractivity (Wildman–Crippen MR) is 41.9 cm³/mol. The van der Waals surface area contributed by atoms with Gasteiger partial charge in [-0.25, -0.2) is 0 Å². The van der Waals surface area contributed by atoms with E-state index in [-0.39, 0.29) is 9.50 Å². The van der Waals surface area contributed by atoms with E-state index in [9.17, 15) is 13.2 Å². The summed E-state index contributed by atoms with van der Waals surface area (Å²) in [6.07, 6.45) is -2.56. The summed E-state index contributed by atoms with van der Waals surface area (Å²) in [6.45, 7) is 0. The van der Waals surface area contributed by atoms with Crippen molar-refractivity contribution >= 4 is 27.5 Å². The minimum Gasteiger partial charge on any atom is -0.263 e. The van der Waals surface area contributed by atoms with Gasteiger partial charge in [-0.15, -0.1) is 0 Å². The van der Waals surface area contributed by atoms with Gasteiger partial charge in [0.15, 0.2) is 0 Å². The van der Waals surface area contributed by atoms with E-state index in [1.54, 1.807) is 0 Å². The Bertz CT molecular complexity index is 299. The van der Waals surface area contributed by atoms with E-state index >= 15 is 0 Å². The average molecular weight is 260 g/mol. The van der Waals surface area contributed by atoms with E-state index in [0.29, 0.717) is 6.20 Å². The molecule has 1 aromatic heterocycles. The van der Waals surface area contributed by atoms with Crippen LogP contribution in [0, 0.1) is 0 Å². The Kier molecular flexibility index (Phi) is 2.63. The van der Waals surface area contributed by atoms with Crippen LogP contribution in [0.3, 0.4) is 0 Å². The molecule has 0 unspecified atom stereocenters. The number of rotatable bonds is 0. The van der Waals surface area contributed by atoms with E-state index in [1.807, 2.05) is 0 Å². The van der Waals surface area contributed by atoms with Crippen LogP contribution < -0.4 is 0 Å². The molecule has 0 aliphatic heterocycles. The maximum atomic E-state index is 12.1. The summed E-state index contributed by atoms with van der Waals surface area (Å²) >= 11 is 8.22. The first-order valence-electron chi connectivity index (χ1n) is 2.79. The molecular formula is C6H2BrClF3N. The third-order valence-corrected chi connectivity index (χ3v) is 2.38. The van der Waals surface area contributed by atoms with Gasteiger partial charge in [-0.2, -0.15) is 13.2 Å². The Morgan fingerprint density at radius 3 is 2.33 bits per heavy atom. The molecule has 1 nitrogen and oxygen atoms in total. The maximum absolute atomic E-state index is 12.1. The second-order valence-corrected chi connectivity index (χ2v) is 3.21. The monoisotopic (exact) mass is 259 g/mol. The summed E-state index contributed by atoms with van der Waals surface area (Å²) < 4.78 is 36.4. The van der Waals surface area contributed by atoms with Crippen LogP contribution >= 0.6 is 27.5 Å². The third kappa shape index (κ3) is 1.90. The van der Waals surface area contributed by atoms with Crippen molar-refractivity contribution in [1.29, 1.82) is 0 Å². The normalized spacial score (nSPS) is 11.8. The topological polar surface area (TPSA) is 12.9 Å². The molecular weight excluding hydrogens is 258 g/mol. The molecule has 0 atom stereocenters. The zero-order valence-corrected chi connectivity index (χ0v) is 7.83. The van der Waals surface area contributed by atoms with Gasteiger partial charge in [-0.1, -0.05) is 11.6 Å². The largest absolute Gasteiger partial charge is 0.419 e. The number of halogens is 5. The van der Waals surface area contributed by atoms with Gasteiger partial charge in [0, 0.05) is 12.4 Å². The lowest BCUT2D eigenvalue weighted by molar-refractivity contribution is -0.137. The Labute approximate surface area is 79.7 Å². The first kappa shape index (κ1) is 9.80. The lowest BCUT2D eigenvalue weighted by Crippen LogP contribution is -2.06. The molecule has 0 aliphatic rings. The number of pyridine rings is 1. The van der Waals surface area contributed by atoms with Crippen LogP contribution in [0.15, 0.2) is 16.9 Å². The summed E-state index contributed by atoms with van der Waals surface area (Å²) in [4.78, 5) is 3.36. The Morgan fingerprint density at radius 2 is 1.92 bits per heavy atom. The third-order valence-electron chi connectivity index (χ3n) is 1.14. The van der Waals surface area contributed by atoms with Gasteiger partial charge < -0.3 is 0 Å². The molecule has 0 N–H and O–H groups in total. The smallest absolute Gasteiger partial charge is 0.263 e. The standard InChI is InChI=1S/C6H2BrClF3N/c7-4-2-12-1-3(5(4)8)6(9,10)11/h1-2H. The summed E-state index contributed by atoms with van der Waals surface area (Å²) in [6, 6.07) is 0. The van der Waals surface area contributed by atoms with Gasteiger partial charge in [0.1, 0.15) is 0 Å². The van der Waals surface area contributed by atoms with Crippen molar-refractivity contribution in [2.45, 2.75) is 6.18 Å². The number of aromatic nitrogens is 1. The number of hydrogen-bond acceptors (Lipinski definition) is 1. The number of nitrogens with zero attached hydrogens (tertiary/aromatic N) is 1. The van der Waals surface area contributed by atoms with Gasteiger partial charge in [0.05, 0.1) is 15.1 Å². The average Bonchev–Trinajstić information content (AvgIpc) is 1.92. The summed E-state index contributed by atoms with van der Waals surface area (Å²) in [5.74, 6) is 0. The summed E-state index contributed by atoms with van der Waals surface area (Å²) in [7, 11) is 0. The van der Waals surface area contributed by atoms with Crippen molar-refractivity contribution in [1.82, 2.24) is 4.98 Å². The fourth-order valence-electron chi connectivity index (χ4n) is 0.617. The van der Waals surface area contributed by atoms with Crippen molar-refractivity contribution in [3.63, 3.8) is 0 Å². The zero-order chi connectivity index (χ0) is 9.35. The highest BCUT2D eigenvalue weighted by Gasteiger charge is 2.34. The molecule has 0 saturated carbocycles. The van der Waals surface area contributed by atoms with Gasteiger partial charge in [-0.3, -0.25) is 4.98 Å². The molecule has 0 fully saturated rings. The van der Waals surface area contributed by atoms with Crippen LogP contribution in [0.1, 0.15) is 5.56 Å². The minimum absolute atomic E-state index is 0.138. The van der Waals surface area contributed by atoms with Crippen molar-refractivity contribution in [3.8, 4) is 0 Å². The Balaban J connectivity index is 3.26. The maximum Gasteiger partial charge on any atom is 0.419 e. The van der Waals surface area contributed by atoms with Crippen molar-refractivity contribution < 1.29 is 13.2 Å². The van der Waals surface area contributed by atoms with Crippen LogP contribution in [0.25, 0.3) is 0 Å². The first-order chi connectivity index (χ1) is 5.43. The number of alkyl halides is 3. The highest BCUT2D eigenvalue weighted by molar-refractivity contribution is 9.10. The van der Waals surface area contributed by atoms with Crippen molar-refractivity contribution in [2.75, 3.05) is 0 Å². The molecule has 0 saturated heterocycles. The second kappa shape index (κ2) is 3.22. The molecule has 1 rings (SSSR count). The van der Waals surface area contributed by atoms with E-state index in [2.05, 4.69) is 20.9 Å². The fourth-order valence-corrected chi connectivity index (χ4v) is 1.15. The molecule has 66 valence electrons. The van der Waals surface area contributed by atoms with Crippen LogP contribution in [0.4, 0.5) is 13.2 Å². The Hall–Kier alpha value is -0.290. The molecule has 6 heteroatoms. The molecule has 0 aromatic carbocycles. The SMILES string of the molecule is FC(F)(F)c1cncc(Br)c1Cl. The minimum atomic E-state index is -4.45. The lowest BCUT2D eigenvalue weighted by atomic mass is 10.3. The molecule has 0 aliphatic carbocycles. The molecule has 1 heterocycles. The first-order valence-corrected chi connectivity index (χ1v) is 3.96. The van der Waals surface area contributed by atoms with E-state index in [0.717, 1.165) is 0 Å². The van der Waals surface area contributed by atoms with E-state index in [1.165, 1.54) is 6.20 Å². The predicted octanol–water partition coefficient (Wildman–Crippen LogP) is 3.52. The number of hydrogen-bond donors (Lipinski definition) is 0. The highest BCUT2D eigenvalue weighted by atomic mass is 79.9. The quantitative estimate of drug-likeness (QED) is 0.695. The van der Waals surface area contributed by atoms with E-state index < -0.39 is 11.7 Å². The van der Waals surface area contributed by atoms with Crippen LogP contribution in [-0.2, 0) is 6.18 Å².